The van der Waals surface area contributed by atoms with E-state index in [2.05, 4.69) is 13.8 Å². The molecule has 1 N–H and O–H groups in total. The number of rotatable bonds is 1. The minimum Gasteiger partial charge on any atom is -0.462 e. The molecule has 0 saturated heterocycles. The maximum Gasteiger partial charge on any atom is 0.302 e. The molecule has 4 nitrogen and oxygen atoms in total. The van der Waals surface area contributed by atoms with Gasteiger partial charge in [0.15, 0.2) is 0 Å². The van der Waals surface area contributed by atoms with Crippen molar-refractivity contribution in [2.45, 2.75) is 77.9 Å². The molecule has 0 bridgehead atoms. The molecule has 0 heterocycles. The first-order valence-corrected chi connectivity index (χ1v) is 9.85. The Morgan fingerprint density at radius 1 is 1.16 bits per heavy atom. The summed E-state index contributed by atoms with van der Waals surface area (Å²) in [5, 5.41) is 11.0. The van der Waals surface area contributed by atoms with Gasteiger partial charge in [-0.3, -0.25) is 9.59 Å². The second kappa shape index (κ2) is 5.67. The molecule has 0 aliphatic heterocycles. The Morgan fingerprint density at radius 2 is 1.84 bits per heavy atom. The summed E-state index contributed by atoms with van der Waals surface area (Å²) in [4.78, 5) is 23.8. The summed E-state index contributed by atoms with van der Waals surface area (Å²) in [7, 11) is 0. The van der Waals surface area contributed by atoms with Crippen LogP contribution in [0.4, 0.5) is 0 Å². The number of ether oxygens (including phenoxy) is 1. The molecule has 3 saturated carbocycles. The lowest BCUT2D eigenvalue weighted by Gasteiger charge is -2.58. The summed E-state index contributed by atoms with van der Waals surface area (Å²) in [6.07, 6.45) is 7.76. The van der Waals surface area contributed by atoms with Crippen molar-refractivity contribution in [3.63, 3.8) is 0 Å². The predicted octanol–water partition coefficient (Wildman–Crippen LogP) is 3.42. The highest BCUT2D eigenvalue weighted by atomic mass is 16.5. The quantitative estimate of drug-likeness (QED) is 0.584. The normalized spacial score (nSPS) is 48.9. The van der Waals surface area contributed by atoms with Gasteiger partial charge in [0.1, 0.15) is 11.9 Å². The number of ketones is 1. The van der Waals surface area contributed by atoms with E-state index in [0.717, 1.165) is 38.5 Å². The van der Waals surface area contributed by atoms with Gasteiger partial charge in [0.2, 0.25) is 0 Å². The lowest BCUT2D eigenvalue weighted by Crippen LogP contribution is -2.54. The van der Waals surface area contributed by atoms with E-state index < -0.39 is 6.10 Å². The summed E-state index contributed by atoms with van der Waals surface area (Å²) in [5.41, 5.74) is 1.12. The van der Waals surface area contributed by atoms with E-state index in [9.17, 15) is 14.7 Å². The highest BCUT2D eigenvalue weighted by Gasteiger charge is 2.60. The van der Waals surface area contributed by atoms with Crippen LogP contribution in [-0.2, 0) is 14.3 Å². The van der Waals surface area contributed by atoms with Crippen molar-refractivity contribution >= 4 is 11.8 Å². The molecule has 4 rings (SSSR count). The zero-order valence-electron chi connectivity index (χ0n) is 15.6. The van der Waals surface area contributed by atoms with Gasteiger partial charge in [-0.05, 0) is 55.3 Å². The molecule has 4 aliphatic carbocycles. The summed E-state index contributed by atoms with van der Waals surface area (Å²) in [6, 6.07) is 0. The highest BCUT2D eigenvalue weighted by molar-refractivity contribution is 5.87. The fraction of sp³-hybridized carbons (Fsp3) is 0.810. The molecule has 3 fully saturated rings. The number of aliphatic hydroxyl groups is 1. The number of carbonyl (C=O) groups is 2. The van der Waals surface area contributed by atoms with Crippen LogP contribution in [-0.4, -0.2) is 29.1 Å². The number of fused-ring (bicyclic) bond motifs is 5. The van der Waals surface area contributed by atoms with Crippen LogP contribution in [0, 0.1) is 28.6 Å². The lowest BCUT2D eigenvalue weighted by molar-refractivity contribution is -0.149. The summed E-state index contributed by atoms with van der Waals surface area (Å²) in [6.45, 7) is 5.94. The van der Waals surface area contributed by atoms with Crippen LogP contribution < -0.4 is 0 Å². The Balaban J connectivity index is 1.65. The van der Waals surface area contributed by atoms with E-state index in [4.69, 9.17) is 4.74 Å². The number of carbonyl (C=O) groups excluding carboxylic acids is 2. The first-order chi connectivity index (χ1) is 11.8. The van der Waals surface area contributed by atoms with Gasteiger partial charge in [-0.1, -0.05) is 25.5 Å². The first kappa shape index (κ1) is 17.3. The van der Waals surface area contributed by atoms with Gasteiger partial charge in [-0.25, -0.2) is 0 Å². The van der Waals surface area contributed by atoms with Crippen molar-refractivity contribution in [1.82, 2.24) is 0 Å². The summed E-state index contributed by atoms with van der Waals surface area (Å²) < 4.78 is 5.45. The Morgan fingerprint density at radius 3 is 2.56 bits per heavy atom. The van der Waals surface area contributed by atoms with Crippen molar-refractivity contribution in [2.75, 3.05) is 0 Å². The average Bonchev–Trinajstić information content (AvgIpc) is 2.84. The fourth-order valence-electron chi connectivity index (χ4n) is 6.72. The average molecular weight is 346 g/mol. The molecule has 7 atom stereocenters. The Bertz CT molecular complexity index is 638. The van der Waals surface area contributed by atoms with Crippen LogP contribution in [0.3, 0.4) is 0 Å². The number of Topliss-reactive ketones (excluding diaryl/α,β-unsaturated/α-hetero) is 1. The second-order valence-electron chi connectivity index (χ2n) is 9.28. The SMILES string of the molecule is CC(=O)O[C@H]1CC[C@@]2(C)C(=C[C@H](O)[C@H]3[C@@H]2CC[C@]2(C)C(=O)CC[C@@H]32)C1. The Hall–Kier alpha value is -1.16. The molecule has 0 aromatic carbocycles. The fourth-order valence-corrected chi connectivity index (χ4v) is 6.72. The highest BCUT2D eigenvalue weighted by Crippen LogP contribution is 2.64. The second-order valence-corrected chi connectivity index (χ2v) is 9.28. The topological polar surface area (TPSA) is 63.6 Å². The van der Waals surface area contributed by atoms with Gasteiger partial charge < -0.3 is 9.84 Å². The molecular formula is C21H30O4. The van der Waals surface area contributed by atoms with E-state index >= 15 is 0 Å². The molecule has 0 aromatic rings. The Kier molecular flexibility index (Phi) is 3.91. The van der Waals surface area contributed by atoms with Crippen molar-refractivity contribution in [2.24, 2.45) is 28.6 Å². The van der Waals surface area contributed by atoms with Gasteiger partial charge in [-0.2, -0.15) is 0 Å². The summed E-state index contributed by atoms with van der Waals surface area (Å²) >= 11 is 0. The zero-order chi connectivity index (χ0) is 18.0. The zero-order valence-corrected chi connectivity index (χ0v) is 15.6. The van der Waals surface area contributed by atoms with Gasteiger partial charge >= 0.3 is 5.97 Å². The monoisotopic (exact) mass is 346 g/mol. The molecular weight excluding hydrogens is 316 g/mol. The predicted molar refractivity (Wildman–Crippen MR) is 93.7 cm³/mol. The molecule has 25 heavy (non-hydrogen) atoms. The lowest BCUT2D eigenvalue weighted by atomic mass is 9.47. The van der Waals surface area contributed by atoms with Crippen molar-refractivity contribution in [1.29, 1.82) is 0 Å². The standard InChI is InChI=1S/C21H30O4/c1-12(22)25-14-6-8-20(2)13(10-14)11-17(23)19-15-4-5-18(24)21(15,3)9-7-16(19)20/h11,14-17,19,23H,4-10H2,1-3H3/t14-,15-,16-,17-,19+,20-,21-/m0/s1. The van der Waals surface area contributed by atoms with Crippen molar-refractivity contribution in [3.8, 4) is 0 Å². The smallest absolute Gasteiger partial charge is 0.302 e. The van der Waals surface area contributed by atoms with Crippen LogP contribution in [0.25, 0.3) is 0 Å². The molecule has 0 unspecified atom stereocenters. The number of aliphatic hydroxyl groups excluding tert-OH is 1. The third kappa shape index (κ3) is 2.43. The van der Waals surface area contributed by atoms with Gasteiger partial charge in [0, 0.05) is 25.2 Å². The van der Waals surface area contributed by atoms with Crippen molar-refractivity contribution in [3.05, 3.63) is 11.6 Å². The molecule has 0 spiro atoms. The van der Waals surface area contributed by atoms with Crippen LogP contribution >= 0.6 is 0 Å². The molecule has 4 heteroatoms. The van der Waals surface area contributed by atoms with E-state index in [-0.39, 0.29) is 28.8 Å². The van der Waals surface area contributed by atoms with Gasteiger partial charge in [0.05, 0.1) is 6.10 Å². The largest absolute Gasteiger partial charge is 0.462 e. The third-order valence-corrected chi connectivity index (χ3v) is 8.13. The van der Waals surface area contributed by atoms with Crippen LogP contribution in [0.2, 0.25) is 0 Å². The van der Waals surface area contributed by atoms with Crippen molar-refractivity contribution < 1.29 is 19.4 Å². The van der Waals surface area contributed by atoms with Crippen LogP contribution in [0.15, 0.2) is 11.6 Å². The minimum atomic E-state index is -0.473. The van der Waals surface area contributed by atoms with Gasteiger partial charge in [-0.15, -0.1) is 0 Å². The summed E-state index contributed by atoms with van der Waals surface area (Å²) in [5.74, 6) is 1.13. The van der Waals surface area contributed by atoms with Gasteiger partial charge in [0.25, 0.3) is 0 Å². The molecule has 138 valence electrons. The van der Waals surface area contributed by atoms with E-state index in [1.165, 1.54) is 12.5 Å². The molecule has 4 aliphatic rings. The number of esters is 1. The molecule has 0 amide bonds. The third-order valence-electron chi connectivity index (χ3n) is 8.13. The maximum absolute atomic E-state index is 12.5. The van der Waals surface area contributed by atoms with Crippen LogP contribution in [0.5, 0.6) is 0 Å². The number of hydrogen-bond donors (Lipinski definition) is 1. The minimum absolute atomic E-state index is 0.0533. The van der Waals surface area contributed by atoms with Crippen LogP contribution in [0.1, 0.15) is 65.7 Å². The Labute approximate surface area is 150 Å². The maximum atomic E-state index is 12.5. The first-order valence-electron chi connectivity index (χ1n) is 9.85. The number of hydrogen-bond acceptors (Lipinski definition) is 4. The van der Waals surface area contributed by atoms with E-state index in [1.54, 1.807) is 0 Å². The van der Waals surface area contributed by atoms with E-state index in [0.29, 0.717) is 24.0 Å². The molecule has 0 aromatic heterocycles. The molecule has 0 radical (unpaired) electrons. The van der Waals surface area contributed by atoms with E-state index in [1.807, 2.05) is 6.08 Å².